The summed E-state index contributed by atoms with van der Waals surface area (Å²) in [6.45, 7) is 0.216. The summed E-state index contributed by atoms with van der Waals surface area (Å²) in [6.07, 6.45) is 1.06. The second-order valence-corrected chi connectivity index (χ2v) is 5.28. The highest BCUT2D eigenvalue weighted by Crippen LogP contribution is 2.28. The number of hydrogen-bond donors (Lipinski definition) is 1. The molecule has 0 aromatic heterocycles. The molecule has 1 N–H and O–H groups in total. The zero-order valence-corrected chi connectivity index (χ0v) is 11.5. The average Bonchev–Trinajstić information content (AvgIpc) is 3.01. The fourth-order valence-corrected chi connectivity index (χ4v) is 2.84. The van der Waals surface area contributed by atoms with Crippen LogP contribution in [-0.2, 0) is 20.9 Å². The summed E-state index contributed by atoms with van der Waals surface area (Å²) < 4.78 is 5.21. The van der Waals surface area contributed by atoms with Crippen LogP contribution < -0.4 is 5.32 Å². The van der Waals surface area contributed by atoms with Crippen molar-refractivity contribution in [1.82, 2.24) is 10.2 Å². The Hall–Kier alpha value is -2.37. The Labute approximate surface area is 122 Å². The summed E-state index contributed by atoms with van der Waals surface area (Å²) >= 11 is 0. The van der Waals surface area contributed by atoms with Crippen molar-refractivity contribution < 1.29 is 19.1 Å². The van der Waals surface area contributed by atoms with Crippen molar-refractivity contribution in [3.63, 3.8) is 0 Å². The maximum absolute atomic E-state index is 11.9. The molecule has 0 saturated carbocycles. The van der Waals surface area contributed by atoms with E-state index in [1.54, 1.807) is 0 Å². The van der Waals surface area contributed by atoms with Gasteiger partial charge in [0, 0.05) is 6.42 Å². The Morgan fingerprint density at radius 1 is 1.29 bits per heavy atom. The maximum Gasteiger partial charge on any atom is 0.324 e. The monoisotopic (exact) mass is 288 g/mol. The van der Waals surface area contributed by atoms with Crippen molar-refractivity contribution in [3.8, 4) is 0 Å². The zero-order chi connectivity index (χ0) is 14.8. The van der Waals surface area contributed by atoms with E-state index in [1.165, 1.54) is 4.90 Å². The van der Waals surface area contributed by atoms with Gasteiger partial charge in [0.25, 0.3) is 0 Å². The van der Waals surface area contributed by atoms with Crippen LogP contribution in [0.5, 0.6) is 0 Å². The van der Waals surface area contributed by atoms with E-state index in [-0.39, 0.29) is 37.0 Å². The lowest BCUT2D eigenvalue weighted by Gasteiger charge is -2.16. The third kappa shape index (κ3) is 2.74. The number of benzene rings is 1. The third-order valence-electron chi connectivity index (χ3n) is 3.88. The molecule has 3 amide bonds. The summed E-state index contributed by atoms with van der Waals surface area (Å²) in [5.74, 6) is -0.539. The van der Waals surface area contributed by atoms with E-state index >= 15 is 0 Å². The van der Waals surface area contributed by atoms with Crippen molar-refractivity contribution in [3.05, 3.63) is 35.9 Å². The molecule has 0 spiro atoms. The highest BCUT2D eigenvalue weighted by Gasteiger charge is 2.47. The summed E-state index contributed by atoms with van der Waals surface area (Å²) in [7, 11) is 0. The van der Waals surface area contributed by atoms with Gasteiger partial charge in [-0.15, -0.1) is 0 Å². The number of esters is 1. The normalized spacial score (nSPS) is 23.9. The topological polar surface area (TPSA) is 75.7 Å². The number of nitrogens with one attached hydrogen (secondary N) is 1. The third-order valence-corrected chi connectivity index (χ3v) is 3.88. The van der Waals surface area contributed by atoms with Gasteiger partial charge in [-0.3, -0.25) is 14.5 Å². The van der Waals surface area contributed by atoms with Gasteiger partial charge in [0.2, 0.25) is 5.91 Å². The molecule has 110 valence electrons. The van der Waals surface area contributed by atoms with Crippen LogP contribution in [0, 0.1) is 0 Å². The molecular formula is C15H16N2O4. The van der Waals surface area contributed by atoms with Crippen molar-refractivity contribution >= 4 is 17.9 Å². The number of fused-ring (bicyclic) bond motifs is 1. The predicted molar refractivity (Wildman–Crippen MR) is 73.0 cm³/mol. The van der Waals surface area contributed by atoms with Gasteiger partial charge in [-0.2, -0.15) is 0 Å². The highest BCUT2D eigenvalue weighted by molar-refractivity contribution is 5.98. The molecule has 2 aliphatic rings. The molecule has 1 aromatic rings. The van der Waals surface area contributed by atoms with E-state index in [4.69, 9.17) is 4.74 Å². The molecule has 2 heterocycles. The van der Waals surface area contributed by atoms with Gasteiger partial charge >= 0.3 is 12.0 Å². The first kappa shape index (κ1) is 13.6. The first-order chi connectivity index (χ1) is 10.1. The Morgan fingerprint density at radius 2 is 2.05 bits per heavy atom. The maximum atomic E-state index is 11.9. The molecule has 0 radical (unpaired) electrons. The summed E-state index contributed by atoms with van der Waals surface area (Å²) in [6, 6.07) is 8.45. The van der Waals surface area contributed by atoms with E-state index < -0.39 is 6.03 Å². The molecule has 2 aliphatic heterocycles. The van der Waals surface area contributed by atoms with Crippen molar-refractivity contribution in [2.45, 2.75) is 38.0 Å². The number of amides is 3. The molecule has 2 atom stereocenters. The van der Waals surface area contributed by atoms with Gasteiger partial charge in [0.15, 0.2) is 0 Å². The van der Waals surface area contributed by atoms with Crippen molar-refractivity contribution in [1.29, 1.82) is 0 Å². The molecule has 3 rings (SSSR count). The fraction of sp³-hybridized carbons (Fsp3) is 0.400. The van der Waals surface area contributed by atoms with Crippen molar-refractivity contribution in [2.75, 3.05) is 0 Å². The lowest BCUT2D eigenvalue weighted by Crippen LogP contribution is -2.35. The number of carbonyl (C=O) groups excluding carboxylic acids is 3. The summed E-state index contributed by atoms with van der Waals surface area (Å²) in [5.41, 5.74) is 0.916. The number of nitrogens with zero attached hydrogens (tertiary/aromatic N) is 1. The minimum Gasteiger partial charge on any atom is -0.461 e. The van der Waals surface area contributed by atoms with Gasteiger partial charge in [-0.25, -0.2) is 4.79 Å². The smallest absolute Gasteiger partial charge is 0.324 e. The summed E-state index contributed by atoms with van der Waals surface area (Å²) in [5, 5.41) is 2.68. The molecule has 6 heteroatoms. The Kier molecular flexibility index (Phi) is 3.60. The molecule has 1 aromatic carbocycles. The minimum atomic E-state index is -0.400. The van der Waals surface area contributed by atoms with Gasteiger partial charge in [0.1, 0.15) is 6.61 Å². The Balaban J connectivity index is 1.54. The average molecular weight is 288 g/mol. The number of imide groups is 1. The van der Waals surface area contributed by atoms with Gasteiger partial charge in [-0.1, -0.05) is 30.3 Å². The number of ether oxygens (including phenoxy) is 1. The SMILES string of the molecule is O=C(CC1NC(=O)N2C(=O)CCC12)OCc1ccccc1. The van der Waals surface area contributed by atoms with E-state index in [1.807, 2.05) is 30.3 Å². The number of carbonyl (C=O) groups is 3. The lowest BCUT2D eigenvalue weighted by molar-refractivity contribution is -0.145. The first-order valence-electron chi connectivity index (χ1n) is 6.97. The van der Waals surface area contributed by atoms with Crippen LogP contribution in [-0.4, -0.2) is 34.9 Å². The predicted octanol–water partition coefficient (Wildman–Crippen LogP) is 1.20. The minimum absolute atomic E-state index is 0.0903. The van der Waals surface area contributed by atoms with Crippen LogP contribution >= 0.6 is 0 Å². The number of urea groups is 1. The van der Waals surface area contributed by atoms with Gasteiger partial charge in [-0.05, 0) is 12.0 Å². The quantitative estimate of drug-likeness (QED) is 0.845. The lowest BCUT2D eigenvalue weighted by atomic mass is 10.0. The number of rotatable bonds is 4. The molecule has 2 saturated heterocycles. The second kappa shape index (κ2) is 5.55. The molecule has 6 nitrogen and oxygen atoms in total. The van der Waals surface area contributed by atoms with Crippen LogP contribution in [0.4, 0.5) is 4.79 Å². The van der Waals surface area contributed by atoms with E-state index in [0.29, 0.717) is 12.8 Å². The van der Waals surface area contributed by atoms with Crippen LogP contribution in [0.15, 0.2) is 30.3 Å². The molecule has 2 fully saturated rings. The van der Waals surface area contributed by atoms with Crippen molar-refractivity contribution in [2.24, 2.45) is 0 Å². The van der Waals surface area contributed by atoms with E-state index in [0.717, 1.165) is 5.56 Å². The number of hydrogen-bond acceptors (Lipinski definition) is 4. The van der Waals surface area contributed by atoms with Crippen LogP contribution in [0.1, 0.15) is 24.8 Å². The highest BCUT2D eigenvalue weighted by atomic mass is 16.5. The molecular weight excluding hydrogens is 272 g/mol. The van der Waals surface area contributed by atoms with Crippen LogP contribution in [0.3, 0.4) is 0 Å². The zero-order valence-electron chi connectivity index (χ0n) is 11.5. The fourth-order valence-electron chi connectivity index (χ4n) is 2.84. The summed E-state index contributed by atoms with van der Waals surface area (Å²) in [4.78, 5) is 36.3. The molecule has 21 heavy (non-hydrogen) atoms. The largest absolute Gasteiger partial charge is 0.461 e. The van der Waals surface area contributed by atoms with E-state index in [9.17, 15) is 14.4 Å². The second-order valence-electron chi connectivity index (χ2n) is 5.28. The first-order valence-corrected chi connectivity index (χ1v) is 6.97. The Bertz CT molecular complexity index is 572. The van der Waals surface area contributed by atoms with Crippen LogP contribution in [0.2, 0.25) is 0 Å². The molecule has 0 aliphatic carbocycles. The van der Waals surface area contributed by atoms with Gasteiger partial charge < -0.3 is 10.1 Å². The van der Waals surface area contributed by atoms with Crippen LogP contribution in [0.25, 0.3) is 0 Å². The van der Waals surface area contributed by atoms with E-state index in [2.05, 4.69) is 5.32 Å². The van der Waals surface area contributed by atoms with Gasteiger partial charge in [0.05, 0.1) is 18.5 Å². The molecule has 0 bridgehead atoms. The standard InChI is InChI=1S/C15H16N2O4/c18-13-7-6-12-11(16-15(20)17(12)13)8-14(19)21-9-10-4-2-1-3-5-10/h1-5,11-12H,6-9H2,(H,16,20). The Morgan fingerprint density at radius 3 is 2.81 bits per heavy atom. The molecule has 2 unspecified atom stereocenters.